The van der Waals surface area contributed by atoms with Crippen LogP contribution in [0.5, 0.6) is 0 Å². The van der Waals surface area contributed by atoms with Gasteiger partial charge in [-0.05, 0) is 81.4 Å². The molecule has 0 radical (unpaired) electrons. The van der Waals surface area contributed by atoms with Gasteiger partial charge in [0, 0.05) is 32.2 Å². The molecule has 3 aliphatic rings. The summed E-state index contributed by atoms with van der Waals surface area (Å²) in [6, 6.07) is 7.96. The molecule has 3 atom stereocenters. The third-order valence-corrected chi connectivity index (χ3v) is 7.77. The average Bonchev–Trinajstić information content (AvgIpc) is 3.48. The Kier molecular flexibility index (Phi) is 5.64. The van der Waals surface area contributed by atoms with Gasteiger partial charge in [0.15, 0.2) is 6.29 Å². The number of fused-ring (bicyclic) bond motifs is 4. The first-order valence-electron chi connectivity index (χ1n) is 11.0. The van der Waals surface area contributed by atoms with Gasteiger partial charge in [-0.3, -0.25) is 4.90 Å². The van der Waals surface area contributed by atoms with Crippen molar-refractivity contribution in [3.05, 3.63) is 34.9 Å². The highest BCUT2D eigenvalue weighted by molar-refractivity contribution is 5.42. The van der Waals surface area contributed by atoms with Gasteiger partial charge in [-0.25, -0.2) is 0 Å². The highest BCUT2D eigenvalue weighted by atomic mass is 16.7. The van der Waals surface area contributed by atoms with Crippen molar-refractivity contribution in [2.24, 2.45) is 11.8 Å². The monoisotopic (exact) mass is 371 g/mol. The van der Waals surface area contributed by atoms with Gasteiger partial charge < -0.3 is 9.47 Å². The molecule has 0 spiro atoms. The van der Waals surface area contributed by atoms with Crippen molar-refractivity contribution in [2.75, 3.05) is 27.3 Å². The van der Waals surface area contributed by atoms with Crippen LogP contribution in [0.15, 0.2) is 18.2 Å². The predicted molar refractivity (Wildman–Crippen MR) is 110 cm³/mol. The molecule has 150 valence electrons. The van der Waals surface area contributed by atoms with Gasteiger partial charge in [0.1, 0.15) is 0 Å². The smallest absolute Gasteiger partial charge is 0.156 e. The maximum absolute atomic E-state index is 5.44. The lowest BCUT2D eigenvalue weighted by atomic mass is 9.56. The second-order valence-electron chi connectivity index (χ2n) is 9.36. The molecule has 3 heteroatoms. The number of nitrogens with zero attached hydrogens (tertiary/aromatic N) is 1. The van der Waals surface area contributed by atoms with Crippen LogP contribution in [0.25, 0.3) is 0 Å². The van der Waals surface area contributed by atoms with Crippen LogP contribution < -0.4 is 0 Å². The molecule has 1 aromatic rings. The first-order chi connectivity index (χ1) is 13.1. The number of ether oxygens (including phenoxy) is 2. The topological polar surface area (TPSA) is 21.7 Å². The third-order valence-electron chi connectivity index (χ3n) is 7.77. The molecule has 3 nitrogen and oxygen atoms in total. The standard InChI is InChI=1S/C24H37NO2/c1-17-7-10-20-15-22-18(2)24(21(20)14-17,11-5-6-23(26-3)27-4)12-13-25(22)16-19-8-9-19/h7,10,14,18-19,22-23H,5-6,8-9,11-13,15-16H2,1-4H3/t18-,22+,24+/m0/s1. The molecule has 1 heterocycles. The van der Waals surface area contributed by atoms with E-state index in [0.29, 0.717) is 5.41 Å². The summed E-state index contributed by atoms with van der Waals surface area (Å²) >= 11 is 0. The summed E-state index contributed by atoms with van der Waals surface area (Å²) in [6.07, 6.45) is 8.79. The Morgan fingerprint density at radius 2 is 2.00 bits per heavy atom. The van der Waals surface area contributed by atoms with Crippen molar-refractivity contribution in [1.82, 2.24) is 4.90 Å². The minimum Gasteiger partial charge on any atom is -0.356 e. The Morgan fingerprint density at radius 1 is 1.22 bits per heavy atom. The number of benzene rings is 1. The maximum atomic E-state index is 5.44. The number of hydrogen-bond acceptors (Lipinski definition) is 3. The zero-order valence-electron chi connectivity index (χ0n) is 17.7. The zero-order valence-corrected chi connectivity index (χ0v) is 17.7. The summed E-state index contributed by atoms with van der Waals surface area (Å²) in [5, 5.41) is 0. The first-order valence-corrected chi connectivity index (χ1v) is 11.0. The average molecular weight is 372 g/mol. The zero-order chi connectivity index (χ0) is 19.0. The van der Waals surface area contributed by atoms with Crippen LogP contribution in [-0.4, -0.2) is 44.5 Å². The van der Waals surface area contributed by atoms with Gasteiger partial charge in [0.05, 0.1) is 0 Å². The number of aryl methyl sites for hydroxylation is 1. The molecule has 1 aliphatic heterocycles. The van der Waals surface area contributed by atoms with Gasteiger partial charge in [0.25, 0.3) is 0 Å². The van der Waals surface area contributed by atoms with E-state index in [0.717, 1.165) is 24.3 Å². The minimum atomic E-state index is -0.0666. The molecule has 0 N–H and O–H groups in total. The summed E-state index contributed by atoms with van der Waals surface area (Å²) in [5.41, 5.74) is 5.00. The number of methoxy groups -OCH3 is 2. The van der Waals surface area contributed by atoms with E-state index in [-0.39, 0.29) is 6.29 Å². The lowest BCUT2D eigenvalue weighted by Crippen LogP contribution is -2.59. The molecule has 2 fully saturated rings. The minimum absolute atomic E-state index is 0.0666. The van der Waals surface area contributed by atoms with Crippen LogP contribution in [-0.2, 0) is 21.3 Å². The summed E-state index contributed by atoms with van der Waals surface area (Å²) in [7, 11) is 3.50. The molecule has 0 aromatic heterocycles. The Labute approximate surface area is 165 Å². The SMILES string of the molecule is COC(CCC[C@]12CCN(CC3CC3)[C@H](Cc3ccc(C)cc31)[C@@H]2C)OC. The normalized spacial score (nSPS) is 30.6. The van der Waals surface area contributed by atoms with Crippen LogP contribution in [0.3, 0.4) is 0 Å². The van der Waals surface area contributed by atoms with Gasteiger partial charge in [-0.1, -0.05) is 30.7 Å². The van der Waals surface area contributed by atoms with Crippen LogP contribution in [0, 0.1) is 18.8 Å². The van der Waals surface area contributed by atoms with Crippen molar-refractivity contribution < 1.29 is 9.47 Å². The summed E-state index contributed by atoms with van der Waals surface area (Å²) < 4.78 is 10.9. The van der Waals surface area contributed by atoms with Crippen LogP contribution in [0.2, 0.25) is 0 Å². The fraction of sp³-hybridized carbons (Fsp3) is 0.750. The lowest BCUT2D eigenvalue weighted by molar-refractivity contribution is -0.108. The van der Waals surface area contributed by atoms with Gasteiger partial charge in [0.2, 0.25) is 0 Å². The molecule has 1 aromatic carbocycles. The van der Waals surface area contributed by atoms with Crippen molar-refractivity contribution in [3.8, 4) is 0 Å². The Bertz CT molecular complexity index is 652. The van der Waals surface area contributed by atoms with E-state index in [2.05, 4.69) is 36.9 Å². The van der Waals surface area contributed by atoms with E-state index in [1.165, 1.54) is 57.2 Å². The highest BCUT2D eigenvalue weighted by Crippen LogP contribution is 2.52. The van der Waals surface area contributed by atoms with Gasteiger partial charge >= 0.3 is 0 Å². The Hall–Kier alpha value is -0.900. The first kappa shape index (κ1) is 19.4. The second kappa shape index (κ2) is 7.85. The molecular formula is C24H37NO2. The largest absolute Gasteiger partial charge is 0.356 e. The lowest BCUT2D eigenvalue weighted by Gasteiger charge is -2.56. The molecule has 1 saturated heterocycles. The van der Waals surface area contributed by atoms with E-state index in [1.54, 1.807) is 25.3 Å². The van der Waals surface area contributed by atoms with E-state index in [4.69, 9.17) is 9.47 Å². The number of likely N-dealkylation sites (tertiary alicyclic amines) is 1. The third kappa shape index (κ3) is 3.71. The molecular weight excluding hydrogens is 334 g/mol. The van der Waals surface area contributed by atoms with Crippen molar-refractivity contribution in [3.63, 3.8) is 0 Å². The molecule has 27 heavy (non-hydrogen) atoms. The Morgan fingerprint density at radius 3 is 2.70 bits per heavy atom. The Balaban J connectivity index is 1.60. The molecule has 0 unspecified atom stereocenters. The highest BCUT2D eigenvalue weighted by Gasteiger charge is 2.51. The number of piperidine rings is 1. The van der Waals surface area contributed by atoms with E-state index in [1.807, 2.05) is 0 Å². The van der Waals surface area contributed by atoms with Gasteiger partial charge in [-0.2, -0.15) is 0 Å². The summed E-state index contributed by atoms with van der Waals surface area (Å²) in [5.74, 6) is 1.70. The van der Waals surface area contributed by atoms with E-state index >= 15 is 0 Å². The molecule has 0 amide bonds. The fourth-order valence-electron chi connectivity index (χ4n) is 5.93. The fourth-order valence-corrected chi connectivity index (χ4v) is 5.93. The van der Waals surface area contributed by atoms with E-state index < -0.39 is 0 Å². The summed E-state index contributed by atoms with van der Waals surface area (Å²) in [6.45, 7) is 7.40. The van der Waals surface area contributed by atoms with Crippen LogP contribution in [0.1, 0.15) is 62.1 Å². The molecule has 4 rings (SSSR count). The van der Waals surface area contributed by atoms with Crippen LogP contribution in [0.4, 0.5) is 0 Å². The van der Waals surface area contributed by atoms with Gasteiger partial charge in [-0.15, -0.1) is 0 Å². The van der Waals surface area contributed by atoms with Crippen LogP contribution >= 0.6 is 0 Å². The molecule has 2 aliphatic carbocycles. The number of hydrogen-bond donors (Lipinski definition) is 0. The molecule has 2 bridgehead atoms. The number of rotatable bonds is 8. The quantitative estimate of drug-likeness (QED) is 0.618. The van der Waals surface area contributed by atoms with Crippen molar-refractivity contribution in [2.45, 2.75) is 76.5 Å². The van der Waals surface area contributed by atoms with E-state index in [9.17, 15) is 0 Å². The maximum Gasteiger partial charge on any atom is 0.156 e. The predicted octanol–water partition coefficient (Wildman–Crippen LogP) is 4.70. The second-order valence-corrected chi connectivity index (χ2v) is 9.36. The summed E-state index contributed by atoms with van der Waals surface area (Å²) in [4.78, 5) is 2.84. The molecule has 1 saturated carbocycles. The van der Waals surface area contributed by atoms with Crippen molar-refractivity contribution in [1.29, 1.82) is 0 Å². The van der Waals surface area contributed by atoms with Crippen molar-refractivity contribution >= 4 is 0 Å².